The van der Waals surface area contributed by atoms with Crippen LogP contribution in [0.2, 0.25) is 0 Å². The lowest BCUT2D eigenvalue weighted by molar-refractivity contribution is -0.134. The van der Waals surface area contributed by atoms with Gasteiger partial charge in [-0.15, -0.1) is 0 Å². The zero-order valence-corrected chi connectivity index (χ0v) is 16.4. The number of nitrogens with one attached hydrogen (secondary N) is 1. The minimum absolute atomic E-state index is 0.149. The van der Waals surface area contributed by atoms with Crippen LogP contribution in [-0.2, 0) is 20.6 Å². The fourth-order valence-electron chi connectivity index (χ4n) is 3.33. The van der Waals surface area contributed by atoms with Crippen LogP contribution in [0.15, 0.2) is 54.6 Å². The molecule has 1 atom stereocenters. The van der Waals surface area contributed by atoms with E-state index in [1.807, 2.05) is 37.3 Å². The molecule has 1 amide bonds. The third kappa shape index (κ3) is 5.40. The monoisotopic (exact) mass is 386 g/mol. The molecule has 3 rings (SSSR count). The molecule has 2 aromatic carbocycles. The van der Waals surface area contributed by atoms with E-state index in [-0.39, 0.29) is 11.7 Å². The van der Waals surface area contributed by atoms with Crippen molar-refractivity contribution in [3.8, 4) is 0 Å². The van der Waals surface area contributed by atoms with Crippen molar-refractivity contribution >= 4 is 15.9 Å². The third-order valence-electron chi connectivity index (χ3n) is 4.82. The Balaban J connectivity index is 1.81. The van der Waals surface area contributed by atoms with Crippen LogP contribution in [0.1, 0.15) is 42.0 Å². The van der Waals surface area contributed by atoms with Gasteiger partial charge in [0.25, 0.3) is 0 Å². The minimum Gasteiger partial charge on any atom is -0.341 e. The van der Waals surface area contributed by atoms with E-state index >= 15 is 0 Å². The van der Waals surface area contributed by atoms with Crippen LogP contribution in [0.25, 0.3) is 0 Å². The number of hydrogen-bond acceptors (Lipinski definition) is 3. The molecule has 0 radical (unpaired) electrons. The number of likely N-dealkylation sites (tertiary alicyclic amines) is 1. The Kier molecular flexibility index (Phi) is 6.29. The number of amides is 1. The first-order chi connectivity index (χ1) is 12.9. The molecule has 144 valence electrons. The predicted molar refractivity (Wildman–Crippen MR) is 107 cm³/mol. The number of hydrogen-bond donors (Lipinski definition) is 1. The standard InChI is InChI=1S/C21H26N2O3S/c1-17-10-12-18(13-11-17)16-27(25,26)22-20(19-8-4-2-5-9-19)21(24)23-14-6-3-7-15-23/h2,4-5,8-13,20,22H,3,6-7,14-16H2,1H3/t20-/m0/s1. The van der Waals surface area contributed by atoms with Gasteiger partial charge in [-0.2, -0.15) is 4.72 Å². The molecule has 1 aliphatic rings. The van der Waals surface area contributed by atoms with Crippen molar-refractivity contribution in [3.05, 3.63) is 71.3 Å². The van der Waals surface area contributed by atoms with Crippen molar-refractivity contribution in [3.63, 3.8) is 0 Å². The molecule has 5 nitrogen and oxygen atoms in total. The second-order valence-electron chi connectivity index (χ2n) is 7.09. The molecule has 0 unspecified atom stereocenters. The van der Waals surface area contributed by atoms with Gasteiger partial charge in [-0.05, 0) is 37.3 Å². The SMILES string of the molecule is Cc1ccc(CS(=O)(=O)N[C@H](C(=O)N2CCCCC2)c2ccccc2)cc1. The maximum absolute atomic E-state index is 13.1. The molecular formula is C21H26N2O3S. The first kappa shape index (κ1) is 19.6. The van der Waals surface area contributed by atoms with Gasteiger partial charge >= 0.3 is 0 Å². The Morgan fingerprint density at radius 1 is 1.00 bits per heavy atom. The van der Waals surface area contributed by atoms with Gasteiger partial charge in [-0.25, -0.2) is 8.42 Å². The summed E-state index contributed by atoms with van der Waals surface area (Å²) in [5, 5.41) is 0. The van der Waals surface area contributed by atoms with Crippen molar-refractivity contribution in [2.45, 2.75) is 38.0 Å². The minimum atomic E-state index is -3.68. The van der Waals surface area contributed by atoms with E-state index in [9.17, 15) is 13.2 Å². The molecule has 1 N–H and O–H groups in total. The summed E-state index contributed by atoms with van der Waals surface area (Å²) < 4.78 is 28.2. The Morgan fingerprint density at radius 2 is 1.63 bits per heavy atom. The number of carbonyl (C=O) groups is 1. The van der Waals surface area contributed by atoms with Crippen LogP contribution >= 0.6 is 0 Å². The second-order valence-corrected chi connectivity index (χ2v) is 8.85. The number of sulfonamides is 1. The molecule has 27 heavy (non-hydrogen) atoms. The fraction of sp³-hybridized carbons (Fsp3) is 0.381. The normalized spacial score (nSPS) is 16.1. The van der Waals surface area contributed by atoms with E-state index in [0.717, 1.165) is 24.8 Å². The van der Waals surface area contributed by atoms with Gasteiger partial charge in [0.1, 0.15) is 6.04 Å². The Morgan fingerprint density at radius 3 is 2.26 bits per heavy atom. The molecule has 1 fully saturated rings. The molecule has 0 aliphatic carbocycles. The molecule has 0 spiro atoms. The number of nitrogens with zero attached hydrogens (tertiary/aromatic N) is 1. The van der Waals surface area contributed by atoms with Crippen LogP contribution < -0.4 is 4.72 Å². The van der Waals surface area contributed by atoms with Gasteiger partial charge in [0, 0.05) is 13.1 Å². The zero-order valence-electron chi connectivity index (χ0n) is 15.6. The summed E-state index contributed by atoms with van der Waals surface area (Å²) in [5.41, 5.74) is 2.44. The summed E-state index contributed by atoms with van der Waals surface area (Å²) in [6, 6.07) is 15.6. The molecule has 6 heteroatoms. The average molecular weight is 387 g/mol. The summed E-state index contributed by atoms with van der Waals surface area (Å²) in [5.74, 6) is -0.322. The lowest BCUT2D eigenvalue weighted by Gasteiger charge is -2.31. The largest absolute Gasteiger partial charge is 0.341 e. The Hall–Kier alpha value is -2.18. The number of rotatable bonds is 6. The van der Waals surface area contributed by atoms with Crippen LogP contribution in [-0.4, -0.2) is 32.3 Å². The van der Waals surface area contributed by atoms with Crippen LogP contribution in [0.4, 0.5) is 0 Å². The van der Waals surface area contributed by atoms with Gasteiger partial charge in [-0.3, -0.25) is 4.79 Å². The summed E-state index contributed by atoms with van der Waals surface area (Å²) >= 11 is 0. The first-order valence-corrected chi connectivity index (χ1v) is 11.0. The van der Waals surface area contributed by atoms with Crippen molar-refractivity contribution in [1.29, 1.82) is 0 Å². The molecule has 1 saturated heterocycles. The number of aryl methyl sites for hydroxylation is 1. The van der Waals surface area contributed by atoms with Gasteiger partial charge in [0.05, 0.1) is 5.75 Å². The zero-order chi connectivity index (χ0) is 19.3. The Bertz CT molecular complexity index is 858. The quantitative estimate of drug-likeness (QED) is 0.829. The topological polar surface area (TPSA) is 66.5 Å². The number of carbonyl (C=O) groups excluding carboxylic acids is 1. The van der Waals surface area contributed by atoms with E-state index in [2.05, 4.69) is 4.72 Å². The predicted octanol–water partition coefficient (Wildman–Crippen LogP) is 3.17. The molecule has 2 aromatic rings. The van der Waals surface area contributed by atoms with Gasteiger partial charge in [-0.1, -0.05) is 60.2 Å². The highest BCUT2D eigenvalue weighted by molar-refractivity contribution is 7.88. The van der Waals surface area contributed by atoms with Gasteiger partial charge < -0.3 is 4.90 Å². The second kappa shape index (κ2) is 8.67. The molecule has 0 saturated carbocycles. The molecule has 0 bridgehead atoms. The van der Waals surface area contributed by atoms with Crippen molar-refractivity contribution in [2.24, 2.45) is 0 Å². The summed E-state index contributed by atoms with van der Waals surface area (Å²) in [4.78, 5) is 14.8. The summed E-state index contributed by atoms with van der Waals surface area (Å²) in [7, 11) is -3.68. The van der Waals surface area contributed by atoms with Crippen LogP contribution in [0.5, 0.6) is 0 Å². The van der Waals surface area contributed by atoms with Crippen molar-refractivity contribution in [1.82, 2.24) is 9.62 Å². The molecule has 1 aliphatic heterocycles. The van der Waals surface area contributed by atoms with Crippen molar-refractivity contribution < 1.29 is 13.2 Å². The summed E-state index contributed by atoms with van der Waals surface area (Å²) in [6.07, 6.45) is 3.03. The Labute approximate surface area is 161 Å². The van der Waals surface area contributed by atoms with Crippen LogP contribution in [0.3, 0.4) is 0 Å². The maximum Gasteiger partial charge on any atom is 0.245 e. The van der Waals surface area contributed by atoms with E-state index < -0.39 is 16.1 Å². The average Bonchev–Trinajstić information content (AvgIpc) is 2.69. The van der Waals surface area contributed by atoms with E-state index in [1.165, 1.54) is 0 Å². The first-order valence-electron chi connectivity index (χ1n) is 9.34. The number of benzene rings is 2. The third-order valence-corrected chi connectivity index (χ3v) is 6.13. The lowest BCUT2D eigenvalue weighted by Crippen LogP contribution is -2.45. The summed E-state index contributed by atoms with van der Waals surface area (Å²) in [6.45, 7) is 3.32. The highest BCUT2D eigenvalue weighted by atomic mass is 32.2. The molecule has 1 heterocycles. The van der Waals surface area contributed by atoms with E-state index in [0.29, 0.717) is 24.2 Å². The highest BCUT2D eigenvalue weighted by Crippen LogP contribution is 2.21. The maximum atomic E-state index is 13.1. The van der Waals surface area contributed by atoms with E-state index in [4.69, 9.17) is 0 Å². The smallest absolute Gasteiger partial charge is 0.245 e. The fourth-order valence-corrected chi connectivity index (χ4v) is 4.64. The van der Waals surface area contributed by atoms with Gasteiger partial charge in [0.2, 0.25) is 15.9 Å². The molecular weight excluding hydrogens is 360 g/mol. The van der Waals surface area contributed by atoms with Crippen molar-refractivity contribution in [2.75, 3.05) is 13.1 Å². The van der Waals surface area contributed by atoms with E-state index in [1.54, 1.807) is 29.2 Å². The highest BCUT2D eigenvalue weighted by Gasteiger charge is 2.30. The van der Waals surface area contributed by atoms with Crippen LogP contribution in [0, 0.1) is 6.92 Å². The van der Waals surface area contributed by atoms with Gasteiger partial charge in [0.15, 0.2) is 0 Å². The molecule has 0 aromatic heterocycles. The number of piperidine rings is 1. The lowest BCUT2D eigenvalue weighted by atomic mass is 10.0.